The number of nitrogens with zero attached hydrogens (tertiary/aromatic N) is 1. The molecule has 0 unspecified atom stereocenters. The molecule has 0 radical (unpaired) electrons. The Bertz CT molecular complexity index is 285. The molecular weight excluding hydrogens is 224 g/mol. The van der Waals surface area contributed by atoms with Crippen molar-refractivity contribution in [3.05, 3.63) is 0 Å². The van der Waals surface area contributed by atoms with E-state index in [2.05, 4.69) is 31.0 Å². The van der Waals surface area contributed by atoms with Crippen LogP contribution in [0.2, 0.25) is 0 Å². The van der Waals surface area contributed by atoms with E-state index in [1.165, 1.54) is 25.7 Å². The van der Waals surface area contributed by atoms with E-state index < -0.39 is 0 Å². The van der Waals surface area contributed by atoms with E-state index >= 15 is 0 Å². The minimum absolute atomic E-state index is 0.109. The highest BCUT2D eigenvalue weighted by atomic mass is 16.2. The van der Waals surface area contributed by atoms with Crippen LogP contribution in [0.5, 0.6) is 0 Å². The Balaban J connectivity index is 1.88. The lowest BCUT2D eigenvalue weighted by Crippen LogP contribution is -2.41. The van der Waals surface area contributed by atoms with Crippen molar-refractivity contribution in [3.8, 4) is 0 Å². The fraction of sp³-hybridized carbons (Fsp3) is 0.933. The molecular formula is C15H28N2O. The molecule has 1 aliphatic heterocycles. The molecule has 0 atom stereocenters. The standard InChI is InChI=1S/C15H28N2O/c1-15(2,3)10-14(18)17(13-4-5-13)11-12-6-8-16-9-7-12/h12-13,16H,4-11H2,1-3H3. The molecule has 0 aromatic carbocycles. The third kappa shape index (κ3) is 4.27. The largest absolute Gasteiger partial charge is 0.339 e. The van der Waals surface area contributed by atoms with Gasteiger partial charge in [-0.1, -0.05) is 20.8 Å². The predicted octanol–water partition coefficient (Wildman–Crippen LogP) is 2.41. The van der Waals surface area contributed by atoms with Crippen LogP contribution in [0.15, 0.2) is 0 Å². The van der Waals surface area contributed by atoms with Crippen LogP contribution in [0.4, 0.5) is 0 Å². The summed E-state index contributed by atoms with van der Waals surface area (Å²) in [6, 6.07) is 0.565. The first kappa shape index (κ1) is 13.9. The van der Waals surface area contributed by atoms with E-state index in [0.717, 1.165) is 25.6 Å². The van der Waals surface area contributed by atoms with Crippen LogP contribution in [0.25, 0.3) is 0 Å². The van der Waals surface area contributed by atoms with Crippen molar-refractivity contribution in [2.75, 3.05) is 19.6 Å². The highest BCUT2D eigenvalue weighted by Crippen LogP contribution is 2.31. The monoisotopic (exact) mass is 252 g/mol. The maximum Gasteiger partial charge on any atom is 0.223 e. The van der Waals surface area contributed by atoms with Gasteiger partial charge < -0.3 is 10.2 Å². The van der Waals surface area contributed by atoms with Gasteiger partial charge in [0.05, 0.1) is 0 Å². The van der Waals surface area contributed by atoms with Crippen LogP contribution in [-0.2, 0) is 4.79 Å². The molecule has 1 heterocycles. The number of hydrogen-bond donors (Lipinski definition) is 1. The molecule has 104 valence electrons. The van der Waals surface area contributed by atoms with Crippen LogP contribution in [-0.4, -0.2) is 36.5 Å². The lowest BCUT2D eigenvalue weighted by atomic mass is 9.91. The molecule has 3 heteroatoms. The summed E-state index contributed by atoms with van der Waals surface area (Å²) in [5, 5.41) is 3.40. The van der Waals surface area contributed by atoms with Gasteiger partial charge in [-0.25, -0.2) is 0 Å². The molecule has 3 nitrogen and oxygen atoms in total. The number of piperidine rings is 1. The van der Waals surface area contributed by atoms with Gasteiger partial charge in [0.25, 0.3) is 0 Å². The van der Waals surface area contributed by atoms with Crippen molar-refractivity contribution in [2.24, 2.45) is 11.3 Å². The zero-order chi connectivity index (χ0) is 13.2. The van der Waals surface area contributed by atoms with Crippen LogP contribution < -0.4 is 5.32 Å². The molecule has 2 fully saturated rings. The molecule has 0 aromatic rings. The summed E-state index contributed by atoms with van der Waals surface area (Å²) in [5.74, 6) is 1.10. The second-order valence-electron chi connectivity index (χ2n) is 7.21. The number of amides is 1. The molecule has 18 heavy (non-hydrogen) atoms. The SMILES string of the molecule is CC(C)(C)CC(=O)N(CC1CCNCC1)C1CC1. The summed E-state index contributed by atoms with van der Waals surface area (Å²) >= 11 is 0. The second-order valence-corrected chi connectivity index (χ2v) is 7.21. The smallest absolute Gasteiger partial charge is 0.223 e. The number of nitrogens with one attached hydrogen (secondary N) is 1. The Morgan fingerprint density at radius 2 is 1.78 bits per heavy atom. The Kier molecular flexibility index (Phi) is 4.31. The zero-order valence-corrected chi connectivity index (χ0v) is 12.2. The minimum atomic E-state index is 0.109. The van der Waals surface area contributed by atoms with E-state index in [9.17, 15) is 4.79 Å². The normalized spacial score (nSPS) is 21.9. The first-order chi connectivity index (χ1) is 8.46. The van der Waals surface area contributed by atoms with Crippen LogP contribution in [0, 0.1) is 11.3 Å². The van der Waals surface area contributed by atoms with Crippen molar-refractivity contribution in [1.82, 2.24) is 10.2 Å². The zero-order valence-electron chi connectivity index (χ0n) is 12.2. The Morgan fingerprint density at radius 1 is 1.17 bits per heavy atom. The van der Waals surface area contributed by atoms with Crippen molar-refractivity contribution in [1.29, 1.82) is 0 Å². The quantitative estimate of drug-likeness (QED) is 0.833. The summed E-state index contributed by atoms with van der Waals surface area (Å²) in [7, 11) is 0. The van der Waals surface area contributed by atoms with Crippen LogP contribution >= 0.6 is 0 Å². The maximum absolute atomic E-state index is 12.4. The third-order valence-corrected chi connectivity index (χ3v) is 3.90. The summed E-state index contributed by atoms with van der Waals surface area (Å²) in [4.78, 5) is 14.6. The number of carbonyl (C=O) groups excluding carboxylic acids is 1. The van der Waals surface area contributed by atoms with E-state index in [-0.39, 0.29) is 5.41 Å². The fourth-order valence-electron chi connectivity index (χ4n) is 2.74. The molecule has 1 amide bonds. The topological polar surface area (TPSA) is 32.3 Å². The Hall–Kier alpha value is -0.570. The van der Waals surface area contributed by atoms with Gasteiger partial charge >= 0.3 is 0 Å². The number of carbonyl (C=O) groups is 1. The summed E-state index contributed by atoms with van der Waals surface area (Å²) in [6.07, 6.45) is 5.59. The fourth-order valence-corrected chi connectivity index (χ4v) is 2.74. The first-order valence-corrected chi connectivity index (χ1v) is 7.46. The molecule has 1 aliphatic carbocycles. The van der Waals surface area contributed by atoms with Gasteiger partial charge in [-0.15, -0.1) is 0 Å². The molecule has 1 saturated heterocycles. The summed E-state index contributed by atoms with van der Waals surface area (Å²) in [6.45, 7) is 9.70. The minimum Gasteiger partial charge on any atom is -0.339 e. The van der Waals surface area contributed by atoms with Gasteiger partial charge in [0.15, 0.2) is 0 Å². The lowest BCUT2D eigenvalue weighted by Gasteiger charge is -2.32. The van der Waals surface area contributed by atoms with Crippen molar-refractivity contribution in [2.45, 2.75) is 58.9 Å². The van der Waals surface area contributed by atoms with Gasteiger partial charge in [0.1, 0.15) is 0 Å². The van der Waals surface area contributed by atoms with Crippen molar-refractivity contribution < 1.29 is 4.79 Å². The average Bonchev–Trinajstić information content (AvgIpc) is 3.08. The maximum atomic E-state index is 12.4. The summed E-state index contributed by atoms with van der Waals surface area (Å²) in [5.41, 5.74) is 0.109. The number of hydrogen-bond acceptors (Lipinski definition) is 2. The Morgan fingerprint density at radius 3 is 2.28 bits per heavy atom. The van der Waals surface area contributed by atoms with Crippen LogP contribution in [0.1, 0.15) is 52.9 Å². The predicted molar refractivity (Wildman–Crippen MR) is 74.4 cm³/mol. The summed E-state index contributed by atoms with van der Waals surface area (Å²) < 4.78 is 0. The third-order valence-electron chi connectivity index (χ3n) is 3.90. The molecule has 1 saturated carbocycles. The van der Waals surface area contributed by atoms with E-state index in [0.29, 0.717) is 18.4 Å². The van der Waals surface area contributed by atoms with Crippen molar-refractivity contribution >= 4 is 5.91 Å². The molecule has 1 N–H and O–H groups in total. The van der Waals surface area contributed by atoms with Gasteiger partial charge in [0.2, 0.25) is 5.91 Å². The van der Waals surface area contributed by atoms with Gasteiger partial charge in [0, 0.05) is 19.0 Å². The van der Waals surface area contributed by atoms with Crippen LogP contribution in [0.3, 0.4) is 0 Å². The molecule has 0 aromatic heterocycles. The molecule has 2 aliphatic rings. The highest BCUT2D eigenvalue weighted by molar-refractivity contribution is 5.77. The molecule has 0 bridgehead atoms. The molecule has 0 spiro atoms. The van der Waals surface area contributed by atoms with E-state index in [1.54, 1.807) is 0 Å². The second kappa shape index (κ2) is 5.60. The number of rotatable bonds is 4. The average molecular weight is 252 g/mol. The lowest BCUT2D eigenvalue weighted by molar-refractivity contribution is -0.134. The van der Waals surface area contributed by atoms with Crippen molar-refractivity contribution in [3.63, 3.8) is 0 Å². The van der Waals surface area contributed by atoms with E-state index in [4.69, 9.17) is 0 Å². The highest BCUT2D eigenvalue weighted by Gasteiger charge is 2.35. The van der Waals surface area contributed by atoms with Gasteiger partial charge in [-0.3, -0.25) is 4.79 Å². The Labute approximate surface area is 111 Å². The van der Waals surface area contributed by atoms with Gasteiger partial charge in [-0.2, -0.15) is 0 Å². The van der Waals surface area contributed by atoms with Gasteiger partial charge in [-0.05, 0) is 50.1 Å². The molecule has 2 rings (SSSR count). The van der Waals surface area contributed by atoms with E-state index in [1.807, 2.05) is 0 Å². The first-order valence-electron chi connectivity index (χ1n) is 7.46.